The molecule has 0 spiro atoms. The largest absolute Gasteiger partial charge is 0.450 e. The number of nitrogens with two attached hydrogens (primary N) is 1. The van der Waals surface area contributed by atoms with Crippen molar-refractivity contribution in [3.05, 3.63) is 0 Å². The first-order valence-electron chi connectivity index (χ1n) is 6.25. The number of ether oxygens (including phenoxy) is 1. The fourth-order valence-electron chi connectivity index (χ4n) is 2.42. The SMILES string of the molecule is NCOC(=O)CCCCC1SC[C@@H]2NC(=O)N[C@H]12. The van der Waals surface area contributed by atoms with E-state index in [1.165, 1.54) is 0 Å². The van der Waals surface area contributed by atoms with E-state index in [-0.39, 0.29) is 30.8 Å². The third-order valence-corrected chi connectivity index (χ3v) is 4.81. The zero-order chi connectivity index (χ0) is 13.0. The Morgan fingerprint density at radius 3 is 3.06 bits per heavy atom. The van der Waals surface area contributed by atoms with E-state index >= 15 is 0 Å². The van der Waals surface area contributed by atoms with E-state index < -0.39 is 0 Å². The van der Waals surface area contributed by atoms with E-state index in [0.29, 0.717) is 11.7 Å². The van der Waals surface area contributed by atoms with Crippen LogP contribution in [0.1, 0.15) is 25.7 Å². The molecule has 0 bridgehead atoms. The highest BCUT2D eigenvalue weighted by Gasteiger charge is 2.42. The van der Waals surface area contributed by atoms with Crippen LogP contribution in [0.4, 0.5) is 4.79 Å². The van der Waals surface area contributed by atoms with Gasteiger partial charge in [0.05, 0.1) is 12.1 Å². The number of urea groups is 1. The van der Waals surface area contributed by atoms with Crippen molar-refractivity contribution in [2.45, 2.75) is 43.0 Å². The van der Waals surface area contributed by atoms with Crippen LogP contribution >= 0.6 is 11.8 Å². The molecule has 2 rings (SSSR count). The lowest BCUT2D eigenvalue weighted by Gasteiger charge is -2.16. The number of hydrogen-bond donors (Lipinski definition) is 3. The monoisotopic (exact) mass is 273 g/mol. The summed E-state index contributed by atoms with van der Waals surface area (Å²) in [5.41, 5.74) is 5.11. The lowest BCUT2D eigenvalue weighted by atomic mass is 10.0. The molecular formula is C11H19N3O3S. The van der Waals surface area contributed by atoms with Crippen LogP contribution in [0, 0.1) is 0 Å². The molecule has 0 aromatic heterocycles. The molecule has 102 valence electrons. The van der Waals surface area contributed by atoms with Gasteiger partial charge in [0.15, 0.2) is 0 Å². The molecule has 1 unspecified atom stereocenters. The van der Waals surface area contributed by atoms with Crippen molar-refractivity contribution in [1.29, 1.82) is 0 Å². The maximum Gasteiger partial charge on any atom is 0.315 e. The smallest absolute Gasteiger partial charge is 0.315 e. The van der Waals surface area contributed by atoms with Gasteiger partial charge in [0.25, 0.3) is 0 Å². The maximum atomic E-state index is 11.2. The van der Waals surface area contributed by atoms with Crippen LogP contribution in [0.3, 0.4) is 0 Å². The van der Waals surface area contributed by atoms with Gasteiger partial charge in [-0.15, -0.1) is 0 Å². The summed E-state index contributed by atoms with van der Waals surface area (Å²) in [6.45, 7) is -0.0429. The maximum absolute atomic E-state index is 11.2. The summed E-state index contributed by atoms with van der Waals surface area (Å²) in [7, 11) is 0. The van der Waals surface area contributed by atoms with Gasteiger partial charge in [0.2, 0.25) is 0 Å². The standard InChI is InChI=1S/C11H19N3O3S/c12-6-17-9(15)4-2-1-3-8-10-7(5-18-8)13-11(16)14-10/h7-8,10H,1-6,12H2,(H2,13,14,16)/t7-,8?,10-/m0/s1. The average Bonchev–Trinajstić information content (AvgIpc) is 2.85. The van der Waals surface area contributed by atoms with Gasteiger partial charge in [-0.3, -0.25) is 10.5 Å². The van der Waals surface area contributed by atoms with Gasteiger partial charge in [-0.25, -0.2) is 4.79 Å². The van der Waals surface area contributed by atoms with Crippen LogP contribution in [0.5, 0.6) is 0 Å². The molecule has 2 heterocycles. The summed E-state index contributed by atoms with van der Waals surface area (Å²) >= 11 is 1.89. The molecule has 2 amide bonds. The molecular weight excluding hydrogens is 254 g/mol. The molecule has 3 atom stereocenters. The van der Waals surface area contributed by atoms with E-state index in [1.54, 1.807) is 0 Å². The van der Waals surface area contributed by atoms with Crippen molar-refractivity contribution in [2.75, 3.05) is 12.5 Å². The van der Waals surface area contributed by atoms with Gasteiger partial charge in [-0.05, 0) is 12.8 Å². The van der Waals surface area contributed by atoms with Gasteiger partial charge in [0.1, 0.15) is 6.73 Å². The molecule has 4 N–H and O–H groups in total. The molecule has 0 aromatic carbocycles. The zero-order valence-electron chi connectivity index (χ0n) is 10.2. The Morgan fingerprint density at radius 1 is 1.44 bits per heavy atom. The summed E-state index contributed by atoms with van der Waals surface area (Å²) in [6, 6.07) is 0.468. The predicted molar refractivity (Wildman–Crippen MR) is 69.1 cm³/mol. The first-order valence-corrected chi connectivity index (χ1v) is 7.30. The normalized spacial score (nSPS) is 29.6. The lowest BCUT2D eigenvalue weighted by molar-refractivity contribution is -0.143. The van der Waals surface area contributed by atoms with E-state index in [1.807, 2.05) is 11.8 Å². The number of rotatable bonds is 6. The molecule has 0 saturated carbocycles. The van der Waals surface area contributed by atoms with E-state index in [9.17, 15) is 9.59 Å². The summed E-state index contributed by atoms with van der Waals surface area (Å²) in [5, 5.41) is 6.33. The Labute approximate surface area is 110 Å². The summed E-state index contributed by atoms with van der Waals surface area (Å²) < 4.78 is 4.66. The molecule has 2 aliphatic rings. The minimum Gasteiger partial charge on any atom is -0.450 e. The van der Waals surface area contributed by atoms with Crippen molar-refractivity contribution in [3.8, 4) is 0 Å². The van der Waals surface area contributed by atoms with Crippen molar-refractivity contribution < 1.29 is 14.3 Å². The van der Waals surface area contributed by atoms with Crippen LogP contribution in [-0.2, 0) is 9.53 Å². The molecule has 2 saturated heterocycles. The second-order valence-corrected chi connectivity index (χ2v) is 5.82. The Hall–Kier alpha value is -0.950. The van der Waals surface area contributed by atoms with Crippen LogP contribution in [0.2, 0.25) is 0 Å². The number of hydrogen-bond acceptors (Lipinski definition) is 5. The topological polar surface area (TPSA) is 93.4 Å². The highest BCUT2D eigenvalue weighted by atomic mass is 32.2. The molecule has 6 nitrogen and oxygen atoms in total. The average molecular weight is 273 g/mol. The Kier molecular flexibility index (Phi) is 4.71. The third kappa shape index (κ3) is 3.29. The van der Waals surface area contributed by atoms with Crippen molar-refractivity contribution in [3.63, 3.8) is 0 Å². The van der Waals surface area contributed by atoms with Crippen LogP contribution < -0.4 is 16.4 Å². The minimum atomic E-state index is -0.231. The number of thioether (sulfide) groups is 1. The van der Waals surface area contributed by atoms with Gasteiger partial charge in [0, 0.05) is 17.4 Å². The van der Waals surface area contributed by atoms with Gasteiger partial charge >= 0.3 is 12.0 Å². The second-order valence-electron chi connectivity index (χ2n) is 4.55. The van der Waals surface area contributed by atoms with Crippen LogP contribution in [0.25, 0.3) is 0 Å². The summed E-state index contributed by atoms with van der Waals surface area (Å²) in [5.74, 6) is 0.744. The highest BCUT2D eigenvalue weighted by Crippen LogP contribution is 2.33. The van der Waals surface area contributed by atoms with Crippen molar-refractivity contribution in [2.24, 2.45) is 5.73 Å². The third-order valence-electron chi connectivity index (χ3n) is 3.30. The number of esters is 1. The number of unbranched alkanes of at least 4 members (excludes halogenated alkanes) is 1. The van der Waals surface area contributed by atoms with Gasteiger partial charge in [-0.1, -0.05) is 6.42 Å². The quantitative estimate of drug-likeness (QED) is 0.278. The second kappa shape index (κ2) is 6.29. The molecule has 0 aromatic rings. The minimum absolute atomic E-state index is 0.0429. The first kappa shape index (κ1) is 13.5. The molecule has 18 heavy (non-hydrogen) atoms. The molecule has 0 aliphatic carbocycles. The fourth-order valence-corrected chi connectivity index (χ4v) is 3.97. The fraction of sp³-hybridized carbons (Fsp3) is 0.818. The molecule has 2 aliphatic heterocycles. The lowest BCUT2D eigenvalue weighted by Crippen LogP contribution is -2.36. The zero-order valence-corrected chi connectivity index (χ0v) is 11.0. The van der Waals surface area contributed by atoms with Crippen LogP contribution in [0.15, 0.2) is 0 Å². The molecule has 2 fully saturated rings. The van der Waals surface area contributed by atoms with Gasteiger partial charge < -0.3 is 15.4 Å². The van der Waals surface area contributed by atoms with E-state index in [4.69, 9.17) is 5.73 Å². The Balaban J connectivity index is 1.62. The number of carbonyl (C=O) groups excluding carboxylic acids is 2. The number of nitrogens with one attached hydrogen (secondary N) is 2. The van der Waals surface area contributed by atoms with Crippen LogP contribution in [-0.4, -0.2) is 41.8 Å². The summed E-state index contributed by atoms with van der Waals surface area (Å²) in [6.07, 6.45) is 3.22. The Bertz CT molecular complexity index is 327. The van der Waals surface area contributed by atoms with E-state index in [0.717, 1.165) is 25.0 Å². The van der Waals surface area contributed by atoms with Crippen molar-refractivity contribution >= 4 is 23.8 Å². The number of fused-ring (bicyclic) bond motifs is 1. The first-order chi connectivity index (χ1) is 8.70. The number of carbonyl (C=O) groups is 2. The number of amides is 2. The molecule has 7 heteroatoms. The van der Waals surface area contributed by atoms with Gasteiger partial charge in [-0.2, -0.15) is 11.8 Å². The van der Waals surface area contributed by atoms with Crippen molar-refractivity contribution in [1.82, 2.24) is 10.6 Å². The Morgan fingerprint density at radius 2 is 2.28 bits per heavy atom. The molecule has 0 radical (unpaired) electrons. The summed E-state index contributed by atoms with van der Waals surface area (Å²) in [4.78, 5) is 22.3. The predicted octanol–water partition coefficient (Wildman–Crippen LogP) is 0.172. The highest BCUT2D eigenvalue weighted by molar-refractivity contribution is 8.00. The van der Waals surface area contributed by atoms with E-state index in [2.05, 4.69) is 15.4 Å².